The van der Waals surface area contributed by atoms with E-state index >= 15 is 0 Å². The zero-order chi connectivity index (χ0) is 17.4. The number of nitrogens with zero attached hydrogens (tertiary/aromatic N) is 2. The second-order valence-electron chi connectivity index (χ2n) is 4.25. The number of alkyl halides is 5. The molecule has 0 fully saturated rings. The van der Waals surface area contributed by atoms with Crippen LogP contribution in [0.1, 0.15) is 38.5 Å². The molecule has 11 heteroatoms. The van der Waals surface area contributed by atoms with Crippen molar-refractivity contribution in [1.29, 1.82) is 0 Å². The van der Waals surface area contributed by atoms with E-state index in [2.05, 4.69) is 4.98 Å². The van der Waals surface area contributed by atoms with Gasteiger partial charge in [-0.15, -0.1) is 0 Å². The topological polar surface area (TPSA) is 90.7 Å². The first kappa shape index (κ1) is 17.6. The van der Waals surface area contributed by atoms with Gasteiger partial charge in [0.25, 0.3) is 6.43 Å². The molecular formula is C11H9F5N2O4. The highest BCUT2D eigenvalue weighted by molar-refractivity contribution is 6.05. The van der Waals surface area contributed by atoms with E-state index in [1.54, 1.807) is 0 Å². The predicted molar refractivity (Wildman–Crippen MR) is 62.4 cm³/mol. The van der Waals surface area contributed by atoms with Crippen molar-refractivity contribution in [3.05, 3.63) is 22.5 Å². The maximum absolute atomic E-state index is 12.9. The van der Waals surface area contributed by atoms with Gasteiger partial charge in [-0.3, -0.25) is 0 Å². The summed E-state index contributed by atoms with van der Waals surface area (Å²) in [7, 11) is 2.06. The molecule has 0 radical (unpaired) electrons. The second kappa shape index (κ2) is 5.73. The first-order chi connectivity index (χ1) is 9.89. The summed E-state index contributed by atoms with van der Waals surface area (Å²) < 4.78 is 64.4. The van der Waals surface area contributed by atoms with E-state index in [1.807, 2.05) is 0 Å². The molecule has 22 heavy (non-hydrogen) atoms. The van der Waals surface area contributed by atoms with Gasteiger partial charge in [0.05, 0.1) is 5.69 Å². The van der Waals surface area contributed by atoms with Crippen molar-refractivity contribution in [3.8, 4) is 0 Å². The number of halogens is 5. The van der Waals surface area contributed by atoms with Gasteiger partial charge in [-0.25, -0.2) is 23.4 Å². The Morgan fingerprint density at radius 2 is 1.55 bits per heavy atom. The highest BCUT2D eigenvalue weighted by Gasteiger charge is 2.43. The zero-order valence-electron chi connectivity index (χ0n) is 11.1. The van der Waals surface area contributed by atoms with E-state index in [1.165, 1.54) is 0 Å². The average molecular weight is 328 g/mol. The number of aromatic nitrogens is 1. The van der Waals surface area contributed by atoms with Crippen molar-refractivity contribution >= 4 is 17.6 Å². The van der Waals surface area contributed by atoms with Crippen LogP contribution in [0.2, 0.25) is 0 Å². The van der Waals surface area contributed by atoms with Gasteiger partial charge < -0.3 is 15.1 Å². The van der Waals surface area contributed by atoms with Gasteiger partial charge in [-0.1, -0.05) is 0 Å². The lowest BCUT2D eigenvalue weighted by Gasteiger charge is -2.23. The molecular weight excluding hydrogens is 319 g/mol. The van der Waals surface area contributed by atoms with Crippen LogP contribution >= 0.6 is 0 Å². The standard InChI is InChI=1S/C11H9F5N2O4/c1-18(2)6-3(9(19)20)5(8(12)13)17-7(11(14,15)16)4(6)10(21)22/h8H,1-2H3,(H,19,20)(H,21,22). The van der Waals surface area contributed by atoms with E-state index < -0.39 is 52.7 Å². The fraction of sp³-hybridized carbons (Fsp3) is 0.364. The number of hydrogen-bond acceptors (Lipinski definition) is 4. The van der Waals surface area contributed by atoms with Crippen LogP contribution in [0.25, 0.3) is 0 Å². The SMILES string of the molecule is CN(C)c1c(C(=O)O)c(C(F)F)nc(C(F)(F)F)c1C(=O)O. The van der Waals surface area contributed by atoms with Gasteiger partial charge in [0.2, 0.25) is 0 Å². The summed E-state index contributed by atoms with van der Waals surface area (Å²) in [5, 5.41) is 17.9. The molecule has 0 aliphatic heterocycles. The number of rotatable bonds is 4. The van der Waals surface area contributed by atoms with Crippen LogP contribution in [0, 0.1) is 0 Å². The van der Waals surface area contributed by atoms with Crippen LogP contribution < -0.4 is 4.90 Å². The molecule has 0 bridgehead atoms. The number of hydrogen-bond donors (Lipinski definition) is 2. The number of aromatic carboxylic acids is 2. The van der Waals surface area contributed by atoms with E-state index in [0.29, 0.717) is 4.90 Å². The molecule has 1 aromatic heterocycles. The molecule has 0 saturated carbocycles. The van der Waals surface area contributed by atoms with Gasteiger partial charge in [-0.2, -0.15) is 13.2 Å². The molecule has 0 aliphatic carbocycles. The van der Waals surface area contributed by atoms with Crippen LogP contribution in [-0.2, 0) is 6.18 Å². The smallest absolute Gasteiger partial charge is 0.434 e. The predicted octanol–water partition coefficient (Wildman–Crippen LogP) is 2.50. The van der Waals surface area contributed by atoms with Gasteiger partial charge in [0.1, 0.15) is 16.8 Å². The maximum Gasteiger partial charge on any atom is 0.434 e. The number of pyridine rings is 1. The molecule has 1 heterocycles. The highest BCUT2D eigenvalue weighted by atomic mass is 19.4. The van der Waals surface area contributed by atoms with Crippen LogP contribution in [0.5, 0.6) is 0 Å². The largest absolute Gasteiger partial charge is 0.478 e. The minimum absolute atomic E-state index is 0.704. The number of carboxylic acids is 2. The van der Waals surface area contributed by atoms with Crippen LogP contribution in [0.15, 0.2) is 0 Å². The summed E-state index contributed by atoms with van der Waals surface area (Å²) in [6, 6.07) is 0. The normalized spacial score (nSPS) is 11.6. The van der Waals surface area contributed by atoms with Crippen molar-refractivity contribution in [1.82, 2.24) is 4.98 Å². The fourth-order valence-electron chi connectivity index (χ4n) is 1.81. The summed E-state index contributed by atoms with van der Waals surface area (Å²) in [5.74, 6) is -4.14. The fourth-order valence-corrected chi connectivity index (χ4v) is 1.81. The van der Waals surface area contributed by atoms with Gasteiger partial charge in [-0.05, 0) is 0 Å². The van der Waals surface area contributed by atoms with E-state index in [0.717, 1.165) is 14.1 Å². The first-order valence-corrected chi connectivity index (χ1v) is 5.46. The Morgan fingerprint density at radius 3 is 1.82 bits per heavy atom. The lowest BCUT2D eigenvalue weighted by Crippen LogP contribution is -2.26. The minimum Gasteiger partial charge on any atom is -0.478 e. The molecule has 0 aliphatic rings. The van der Waals surface area contributed by atoms with E-state index in [-0.39, 0.29) is 0 Å². The number of anilines is 1. The average Bonchev–Trinajstić information content (AvgIpc) is 2.34. The Labute approximate surface area is 119 Å². The van der Waals surface area contributed by atoms with Crippen LogP contribution in [0.4, 0.5) is 27.6 Å². The highest BCUT2D eigenvalue weighted by Crippen LogP contribution is 2.39. The molecule has 2 N–H and O–H groups in total. The third-order valence-electron chi connectivity index (χ3n) is 2.55. The molecule has 1 aromatic rings. The molecule has 0 atom stereocenters. The van der Waals surface area contributed by atoms with Crippen molar-refractivity contribution in [3.63, 3.8) is 0 Å². The number of carboxylic acid groups (broad SMARTS) is 2. The van der Waals surface area contributed by atoms with Gasteiger partial charge in [0, 0.05) is 14.1 Å². The molecule has 1 rings (SSSR count). The van der Waals surface area contributed by atoms with Gasteiger partial charge >= 0.3 is 18.1 Å². The molecule has 0 unspecified atom stereocenters. The summed E-state index contributed by atoms with van der Waals surface area (Å²) in [6.45, 7) is 0. The lowest BCUT2D eigenvalue weighted by molar-refractivity contribution is -0.142. The lowest BCUT2D eigenvalue weighted by atomic mass is 10.0. The van der Waals surface area contributed by atoms with Crippen LogP contribution in [0.3, 0.4) is 0 Å². The molecule has 0 saturated heterocycles. The number of carbonyl (C=O) groups is 2. The molecule has 0 spiro atoms. The Balaban J connectivity index is 4.08. The van der Waals surface area contributed by atoms with Crippen molar-refractivity contribution in [2.45, 2.75) is 12.6 Å². The van der Waals surface area contributed by atoms with E-state index in [9.17, 15) is 31.5 Å². The monoisotopic (exact) mass is 328 g/mol. The Bertz CT molecular complexity index is 628. The Hall–Kier alpha value is -2.46. The summed E-state index contributed by atoms with van der Waals surface area (Å²) >= 11 is 0. The van der Waals surface area contributed by atoms with Crippen molar-refractivity contribution in [2.24, 2.45) is 0 Å². The van der Waals surface area contributed by atoms with Crippen molar-refractivity contribution in [2.75, 3.05) is 19.0 Å². The third kappa shape index (κ3) is 3.07. The van der Waals surface area contributed by atoms with Crippen LogP contribution in [-0.4, -0.2) is 41.2 Å². The summed E-state index contributed by atoms with van der Waals surface area (Å²) in [5.41, 5.74) is -7.51. The first-order valence-electron chi connectivity index (χ1n) is 5.46. The Morgan fingerprint density at radius 1 is 1.09 bits per heavy atom. The Kier molecular flexibility index (Phi) is 4.58. The quantitative estimate of drug-likeness (QED) is 0.825. The summed E-state index contributed by atoms with van der Waals surface area (Å²) in [4.78, 5) is 25.5. The maximum atomic E-state index is 12.9. The minimum atomic E-state index is -5.35. The molecule has 0 aromatic carbocycles. The molecule has 122 valence electrons. The zero-order valence-corrected chi connectivity index (χ0v) is 11.1. The molecule has 0 amide bonds. The van der Waals surface area contributed by atoms with Gasteiger partial charge in [0.15, 0.2) is 5.69 Å². The second-order valence-corrected chi connectivity index (χ2v) is 4.25. The third-order valence-corrected chi connectivity index (χ3v) is 2.55. The summed E-state index contributed by atoms with van der Waals surface area (Å²) in [6.07, 6.45) is -8.98. The molecule has 6 nitrogen and oxygen atoms in total. The van der Waals surface area contributed by atoms with Crippen molar-refractivity contribution < 1.29 is 41.8 Å². The van der Waals surface area contributed by atoms with E-state index in [4.69, 9.17) is 10.2 Å².